The predicted octanol–water partition coefficient (Wildman–Crippen LogP) is 8.16. The lowest BCUT2D eigenvalue weighted by Gasteiger charge is -2.13. The van der Waals surface area contributed by atoms with E-state index in [-0.39, 0.29) is 22.8 Å². The minimum atomic E-state index is -0.344. The average molecular weight is 535 g/mol. The first-order chi connectivity index (χ1) is 19.5. The Balaban J connectivity index is 1.70. The predicted molar refractivity (Wildman–Crippen MR) is 167 cm³/mol. The number of fused-ring (bicyclic) bond motifs is 1. The molecule has 0 aromatic heterocycles. The lowest BCUT2D eigenvalue weighted by atomic mass is 9.97. The van der Waals surface area contributed by atoms with Crippen molar-refractivity contribution in [1.29, 1.82) is 0 Å². The van der Waals surface area contributed by atoms with Crippen molar-refractivity contribution in [2.45, 2.75) is 39.5 Å². The molecule has 0 atom stereocenters. The number of hydrogen-bond acceptors (Lipinski definition) is 4. The molecule has 0 amide bonds. The summed E-state index contributed by atoms with van der Waals surface area (Å²) in [6, 6.07) is 18.0. The molecule has 1 aromatic carbocycles. The van der Waals surface area contributed by atoms with Gasteiger partial charge in [0.25, 0.3) is 0 Å². The molecule has 1 aliphatic carbocycles. The van der Waals surface area contributed by atoms with Gasteiger partial charge in [-0.2, -0.15) is 0 Å². The molecule has 3 aliphatic rings. The highest BCUT2D eigenvalue weighted by Gasteiger charge is 2.19. The Morgan fingerprint density at radius 2 is 1.90 bits per heavy atom. The number of carbonyl (C=O) groups excluding carboxylic acids is 1. The fraction of sp³-hybridized carbons (Fsp3) is 0.229. The van der Waals surface area contributed by atoms with Crippen LogP contribution in [-0.2, 0) is 11.2 Å². The molecule has 206 valence electrons. The van der Waals surface area contributed by atoms with Crippen molar-refractivity contribution in [3.63, 3.8) is 0 Å². The Morgan fingerprint density at radius 3 is 2.73 bits per heavy atom. The van der Waals surface area contributed by atoms with E-state index in [1.165, 1.54) is 22.8 Å². The van der Waals surface area contributed by atoms with E-state index in [0.29, 0.717) is 11.3 Å². The molecule has 0 saturated heterocycles. The first kappa shape index (κ1) is 28.7. The lowest BCUT2D eigenvalue weighted by Crippen LogP contribution is -2.01. The van der Waals surface area contributed by atoms with Gasteiger partial charge in [-0.25, -0.2) is 0 Å². The maximum absolute atomic E-state index is 12.8. The first-order valence-electron chi connectivity index (χ1n) is 13.9. The van der Waals surface area contributed by atoms with Gasteiger partial charge < -0.3 is 20.6 Å². The summed E-state index contributed by atoms with van der Waals surface area (Å²) in [7, 11) is 0. The summed E-state index contributed by atoms with van der Waals surface area (Å²) in [5.41, 5.74) is 13.3. The Hall–Kier alpha value is -4.35. The summed E-state index contributed by atoms with van der Waals surface area (Å²) in [5, 5.41) is 11.2. The van der Waals surface area contributed by atoms with Crippen LogP contribution in [0.3, 0.4) is 0 Å². The normalized spacial score (nSPS) is 14.4. The van der Waals surface area contributed by atoms with Crippen molar-refractivity contribution in [3.8, 4) is 17.0 Å². The molecule has 0 spiro atoms. The molecule has 1 aromatic rings. The number of aromatic amines is 1. The molecule has 4 rings (SSSR count). The third kappa shape index (κ3) is 7.19. The van der Waals surface area contributed by atoms with Crippen LogP contribution >= 0.6 is 0 Å². The molecule has 0 bridgehead atoms. The monoisotopic (exact) mass is 534 g/mol. The second-order valence-corrected chi connectivity index (χ2v) is 9.77. The molecule has 5 nitrogen and oxygen atoms in total. The SMILES string of the molecule is C/C=C/C(=O)c1c(N)cc(/C=C/C)c2[nH]c(/C=C/Cc3cccc(C4=CCCOCCC4)c3)ccccc-2c1O. The lowest BCUT2D eigenvalue weighted by molar-refractivity contribution is 0.104. The van der Waals surface area contributed by atoms with Gasteiger partial charge in [0.2, 0.25) is 0 Å². The summed E-state index contributed by atoms with van der Waals surface area (Å²) in [6.07, 6.45) is 17.1. The van der Waals surface area contributed by atoms with E-state index < -0.39 is 0 Å². The van der Waals surface area contributed by atoms with E-state index in [4.69, 9.17) is 10.5 Å². The van der Waals surface area contributed by atoms with Crippen LogP contribution in [-0.4, -0.2) is 29.1 Å². The number of H-pyrrole nitrogens is 1. The smallest absolute Gasteiger partial charge is 0.191 e. The molecule has 0 fully saturated rings. The van der Waals surface area contributed by atoms with Gasteiger partial charge in [-0.15, -0.1) is 0 Å². The average Bonchev–Trinajstić information content (AvgIpc) is 2.98. The Kier molecular flexibility index (Phi) is 10.1. The standard InChI is InChI=1S/C35H38N2O3/c1-3-11-28-24-31(36)33(32(38)12-4-2)35(39)30-20-6-5-18-29(37-34(28)30)19-8-14-25-13-7-15-27(23-25)26-16-9-21-40-22-10-17-26/h3-8,11-13,15-16,18-20,23-24,37,39H,9-10,14,17,21-22,36H2,1-2H3/b6-5?,11-3+,12-4+,19-8+,26-16?,29-18?,30-20?. The number of rotatable bonds is 7. The highest BCUT2D eigenvalue weighted by Crippen LogP contribution is 2.37. The van der Waals surface area contributed by atoms with Gasteiger partial charge in [0.1, 0.15) is 5.75 Å². The molecule has 0 saturated carbocycles. The highest BCUT2D eigenvalue weighted by atomic mass is 16.5. The van der Waals surface area contributed by atoms with Gasteiger partial charge in [-0.1, -0.05) is 66.8 Å². The summed E-state index contributed by atoms with van der Waals surface area (Å²) >= 11 is 0. The summed E-state index contributed by atoms with van der Waals surface area (Å²) in [6.45, 7) is 5.28. The van der Waals surface area contributed by atoms with Crippen molar-refractivity contribution in [3.05, 3.63) is 113 Å². The molecule has 0 unspecified atom stereocenters. The minimum absolute atomic E-state index is 0.0880. The number of nitrogen functional groups attached to an aromatic ring is 1. The van der Waals surface area contributed by atoms with Crippen LogP contribution in [0.25, 0.3) is 29.0 Å². The molecule has 0 radical (unpaired) electrons. The number of anilines is 1. The zero-order chi connectivity index (χ0) is 28.3. The number of aromatic hydroxyl groups is 1. The van der Waals surface area contributed by atoms with Gasteiger partial charge >= 0.3 is 0 Å². The molecule has 40 heavy (non-hydrogen) atoms. The number of nitrogens with two attached hydrogens (primary N) is 1. The summed E-state index contributed by atoms with van der Waals surface area (Å²) in [4.78, 5) is 16.3. The zero-order valence-corrected chi connectivity index (χ0v) is 23.3. The summed E-state index contributed by atoms with van der Waals surface area (Å²) < 4.78 is 5.58. The van der Waals surface area contributed by atoms with Crippen LogP contribution in [0.1, 0.15) is 65.9 Å². The van der Waals surface area contributed by atoms with Crippen molar-refractivity contribution in [2.24, 2.45) is 0 Å². The van der Waals surface area contributed by atoms with Gasteiger partial charge in [-0.3, -0.25) is 4.79 Å². The zero-order valence-electron chi connectivity index (χ0n) is 23.3. The van der Waals surface area contributed by atoms with Gasteiger partial charge in [0, 0.05) is 29.1 Å². The molecular weight excluding hydrogens is 496 g/mol. The third-order valence-corrected chi connectivity index (χ3v) is 6.82. The third-order valence-electron chi connectivity index (χ3n) is 6.82. The Morgan fingerprint density at radius 1 is 1.05 bits per heavy atom. The Bertz CT molecular complexity index is 1490. The quantitative estimate of drug-likeness (QED) is 0.211. The topological polar surface area (TPSA) is 88.3 Å². The maximum atomic E-state index is 12.8. The van der Waals surface area contributed by atoms with Crippen molar-refractivity contribution in [2.75, 3.05) is 18.9 Å². The fourth-order valence-electron chi connectivity index (χ4n) is 4.93. The van der Waals surface area contributed by atoms with Crippen molar-refractivity contribution in [1.82, 2.24) is 4.98 Å². The van der Waals surface area contributed by atoms with Gasteiger partial charge in [0.15, 0.2) is 5.78 Å². The van der Waals surface area contributed by atoms with Crippen LogP contribution in [0, 0.1) is 0 Å². The fourth-order valence-corrected chi connectivity index (χ4v) is 4.93. The van der Waals surface area contributed by atoms with E-state index in [1.807, 2.05) is 43.4 Å². The second-order valence-electron chi connectivity index (χ2n) is 9.77. The number of allylic oxidation sites excluding steroid dienone is 5. The van der Waals surface area contributed by atoms with Gasteiger partial charge in [-0.05, 0) is 86.6 Å². The molecular formula is C35H38N2O3. The van der Waals surface area contributed by atoms with Crippen LogP contribution in [0.2, 0.25) is 0 Å². The number of aromatic nitrogens is 1. The van der Waals surface area contributed by atoms with Crippen LogP contribution in [0.15, 0.2) is 85.0 Å². The van der Waals surface area contributed by atoms with Crippen LogP contribution in [0.5, 0.6) is 5.75 Å². The first-order valence-corrected chi connectivity index (χ1v) is 13.9. The molecule has 4 N–H and O–H groups in total. The minimum Gasteiger partial charge on any atom is -0.506 e. The highest BCUT2D eigenvalue weighted by molar-refractivity contribution is 6.11. The van der Waals surface area contributed by atoms with Gasteiger partial charge in [0.05, 0.1) is 17.9 Å². The number of carbonyl (C=O) groups is 1. The van der Waals surface area contributed by atoms with E-state index in [9.17, 15) is 9.90 Å². The number of benzene rings is 1. The maximum Gasteiger partial charge on any atom is 0.191 e. The van der Waals surface area contributed by atoms with E-state index in [1.54, 1.807) is 25.1 Å². The summed E-state index contributed by atoms with van der Waals surface area (Å²) in [5.74, 6) is -0.496. The van der Waals surface area contributed by atoms with Crippen LogP contribution < -0.4 is 5.73 Å². The van der Waals surface area contributed by atoms with E-state index >= 15 is 0 Å². The molecule has 5 heteroatoms. The number of ketones is 1. The van der Waals surface area contributed by atoms with Crippen molar-refractivity contribution < 1.29 is 14.6 Å². The Labute approximate surface area is 237 Å². The second kappa shape index (κ2) is 14.2. The molecule has 2 aliphatic heterocycles. The number of nitrogens with one attached hydrogen (secondary N) is 1. The number of ether oxygens (including phenoxy) is 1. The van der Waals surface area contributed by atoms with E-state index in [2.05, 4.69) is 41.4 Å². The largest absolute Gasteiger partial charge is 0.506 e. The van der Waals surface area contributed by atoms with Crippen molar-refractivity contribution >= 4 is 29.2 Å². The van der Waals surface area contributed by atoms with E-state index in [0.717, 1.165) is 50.2 Å². The molecule has 2 heterocycles. The van der Waals surface area contributed by atoms with Crippen LogP contribution in [0.4, 0.5) is 5.69 Å². The number of hydrogen-bond donors (Lipinski definition) is 3.